The molecule has 6 heteroatoms. The van der Waals surface area contributed by atoms with Crippen molar-refractivity contribution in [2.24, 2.45) is 10.4 Å². The van der Waals surface area contributed by atoms with Crippen molar-refractivity contribution in [2.45, 2.75) is 32.8 Å². The van der Waals surface area contributed by atoms with Gasteiger partial charge in [-0.15, -0.1) is 0 Å². The summed E-state index contributed by atoms with van der Waals surface area (Å²) in [6.07, 6.45) is 2.34. The summed E-state index contributed by atoms with van der Waals surface area (Å²) < 4.78 is 11.5. The minimum Gasteiger partial charge on any atom is -0.489 e. The Morgan fingerprint density at radius 2 is 2.36 bits per heavy atom. The van der Waals surface area contributed by atoms with E-state index in [1.165, 1.54) is 6.42 Å². The Labute approximate surface area is 155 Å². The molecule has 0 bridgehead atoms. The van der Waals surface area contributed by atoms with E-state index in [0.29, 0.717) is 17.0 Å². The van der Waals surface area contributed by atoms with Crippen molar-refractivity contribution in [2.75, 3.05) is 39.4 Å². The number of hydrogen-bond donors (Lipinski definition) is 1. The van der Waals surface area contributed by atoms with Crippen molar-refractivity contribution < 1.29 is 9.47 Å². The van der Waals surface area contributed by atoms with E-state index in [2.05, 4.69) is 17.1 Å². The Kier molecular flexibility index (Phi) is 6.07. The molecule has 0 aromatic heterocycles. The standard InChI is InChI=1S/C19H28ClN3O2/c1-3-21-18(23-9-7-19(13-23)8-10-24-14-19)22-12-15(2)25-17-6-4-5-16(20)11-17/h4-6,11,15H,3,7-10,12-14H2,1-2H3,(H,21,22). The molecule has 0 saturated carbocycles. The van der Waals surface area contributed by atoms with Gasteiger partial charge in [0.05, 0.1) is 13.2 Å². The minimum absolute atomic E-state index is 0.0153. The van der Waals surface area contributed by atoms with Crippen LogP contribution in [0.1, 0.15) is 26.7 Å². The van der Waals surface area contributed by atoms with Crippen molar-refractivity contribution in [1.82, 2.24) is 10.2 Å². The lowest BCUT2D eigenvalue weighted by Crippen LogP contribution is -2.42. The molecule has 1 spiro atoms. The summed E-state index contributed by atoms with van der Waals surface area (Å²) in [5, 5.41) is 4.10. The van der Waals surface area contributed by atoms with Crippen LogP contribution in [0.15, 0.2) is 29.3 Å². The van der Waals surface area contributed by atoms with Gasteiger partial charge in [0.2, 0.25) is 0 Å². The summed E-state index contributed by atoms with van der Waals surface area (Å²) >= 11 is 6.01. The molecule has 1 aromatic rings. The SMILES string of the molecule is CCNC(=NCC(C)Oc1cccc(Cl)c1)N1CCC2(CCOC2)C1. The Bertz CT molecular complexity index is 602. The molecule has 0 amide bonds. The van der Waals surface area contributed by atoms with Crippen molar-refractivity contribution in [3.8, 4) is 5.75 Å². The smallest absolute Gasteiger partial charge is 0.194 e. The van der Waals surface area contributed by atoms with Gasteiger partial charge in [0.15, 0.2) is 5.96 Å². The molecule has 2 fully saturated rings. The molecule has 1 N–H and O–H groups in total. The molecule has 2 saturated heterocycles. The van der Waals surface area contributed by atoms with Crippen LogP contribution in [0.4, 0.5) is 0 Å². The number of nitrogens with one attached hydrogen (secondary N) is 1. The van der Waals surface area contributed by atoms with Gasteiger partial charge in [-0.05, 0) is 44.9 Å². The molecule has 0 radical (unpaired) electrons. The van der Waals surface area contributed by atoms with E-state index in [-0.39, 0.29) is 6.10 Å². The van der Waals surface area contributed by atoms with Crippen LogP contribution in [0.3, 0.4) is 0 Å². The van der Waals surface area contributed by atoms with Crippen LogP contribution in [0, 0.1) is 5.41 Å². The van der Waals surface area contributed by atoms with Gasteiger partial charge in [-0.25, -0.2) is 4.99 Å². The second-order valence-corrected chi connectivity index (χ2v) is 7.49. The quantitative estimate of drug-likeness (QED) is 0.643. The normalized spacial score (nSPS) is 24.8. The van der Waals surface area contributed by atoms with Crippen LogP contribution >= 0.6 is 11.6 Å². The fourth-order valence-corrected chi connectivity index (χ4v) is 3.72. The fraction of sp³-hybridized carbons (Fsp3) is 0.632. The van der Waals surface area contributed by atoms with E-state index in [9.17, 15) is 0 Å². The molecule has 3 rings (SSSR count). The topological polar surface area (TPSA) is 46.1 Å². The monoisotopic (exact) mass is 365 g/mol. The average Bonchev–Trinajstić information content (AvgIpc) is 3.22. The number of ether oxygens (including phenoxy) is 2. The summed E-state index contributed by atoms with van der Waals surface area (Å²) in [5.74, 6) is 1.76. The molecular weight excluding hydrogens is 338 g/mol. The first-order chi connectivity index (χ1) is 12.1. The molecule has 1 aromatic carbocycles. The maximum atomic E-state index is 6.01. The average molecular weight is 366 g/mol. The highest BCUT2D eigenvalue weighted by atomic mass is 35.5. The van der Waals surface area contributed by atoms with Crippen molar-refractivity contribution in [3.05, 3.63) is 29.3 Å². The third kappa shape index (κ3) is 4.79. The third-order valence-electron chi connectivity index (χ3n) is 4.89. The lowest BCUT2D eigenvalue weighted by atomic mass is 9.87. The van der Waals surface area contributed by atoms with Gasteiger partial charge in [0.1, 0.15) is 11.9 Å². The number of guanidine groups is 1. The highest BCUT2D eigenvalue weighted by Crippen LogP contribution is 2.38. The zero-order valence-electron chi connectivity index (χ0n) is 15.1. The van der Waals surface area contributed by atoms with Gasteiger partial charge < -0.3 is 19.7 Å². The zero-order chi connectivity index (χ0) is 17.7. The first-order valence-electron chi connectivity index (χ1n) is 9.13. The zero-order valence-corrected chi connectivity index (χ0v) is 15.9. The molecule has 0 aliphatic carbocycles. The van der Waals surface area contributed by atoms with Crippen LogP contribution in [-0.2, 0) is 4.74 Å². The largest absolute Gasteiger partial charge is 0.489 e. The number of rotatable bonds is 5. The van der Waals surface area contributed by atoms with E-state index in [1.807, 2.05) is 31.2 Å². The fourth-order valence-electron chi connectivity index (χ4n) is 3.54. The van der Waals surface area contributed by atoms with Gasteiger partial charge in [-0.2, -0.15) is 0 Å². The molecule has 2 unspecified atom stereocenters. The minimum atomic E-state index is -0.0153. The van der Waals surface area contributed by atoms with Crippen LogP contribution in [0.25, 0.3) is 0 Å². The first-order valence-corrected chi connectivity index (χ1v) is 9.51. The lowest BCUT2D eigenvalue weighted by molar-refractivity contribution is 0.156. The van der Waals surface area contributed by atoms with Crippen molar-refractivity contribution >= 4 is 17.6 Å². The number of likely N-dealkylation sites (tertiary alicyclic amines) is 1. The number of hydrogen-bond acceptors (Lipinski definition) is 3. The summed E-state index contributed by atoms with van der Waals surface area (Å²) in [4.78, 5) is 7.17. The molecule has 5 nitrogen and oxygen atoms in total. The van der Waals surface area contributed by atoms with Gasteiger partial charge in [-0.3, -0.25) is 0 Å². The summed E-state index contributed by atoms with van der Waals surface area (Å²) in [7, 11) is 0. The Morgan fingerprint density at radius 1 is 1.48 bits per heavy atom. The predicted molar refractivity (Wildman–Crippen MR) is 102 cm³/mol. The highest BCUT2D eigenvalue weighted by Gasteiger charge is 2.42. The Balaban J connectivity index is 1.58. The maximum Gasteiger partial charge on any atom is 0.194 e. The van der Waals surface area contributed by atoms with Gasteiger partial charge in [0, 0.05) is 36.7 Å². The van der Waals surface area contributed by atoms with Crippen LogP contribution in [0.5, 0.6) is 5.75 Å². The number of nitrogens with zero attached hydrogens (tertiary/aromatic N) is 2. The number of aliphatic imine (C=N–C) groups is 1. The molecule has 2 atom stereocenters. The second-order valence-electron chi connectivity index (χ2n) is 7.05. The molecular formula is C19H28ClN3O2. The summed E-state index contributed by atoms with van der Waals surface area (Å²) in [6.45, 7) is 9.46. The third-order valence-corrected chi connectivity index (χ3v) is 5.12. The number of halogens is 1. The molecule has 2 heterocycles. The van der Waals surface area contributed by atoms with Crippen LogP contribution < -0.4 is 10.1 Å². The summed E-state index contributed by atoms with van der Waals surface area (Å²) in [5.41, 5.74) is 0.332. The van der Waals surface area contributed by atoms with E-state index in [1.54, 1.807) is 0 Å². The lowest BCUT2D eigenvalue weighted by Gasteiger charge is -2.25. The van der Waals surface area contributed by atoms with Crippen LogP contribution in [-0.4, -0.2) is 56.4 Å². The second kappa shape index (κ2) is 8.28. The first kappa shape index (κ1) is 18.3. The number of benzene rings is 1. The highest BCUT2D eigenvalue weighted by molar-refractivity contribution is 6.30. The predicted octanol–water partition coefficient (Wildman–Crippen LogP) is 3.19. The van der Waals surface area contributed by atoms with Gasteiger partial charge in [0.25, 0.3) is 0 Å². The molecule has 2 aliphatic heterocycles. The van der Waals surface area contributed by atoms with Crippen LogP contribution in [0.2, 0.25) is 5.02 Å². The molecule has 2 aliphatic rings. The summed E-state index contributed by atoms with van der Waals surface area (Å²) in [6, 6.07) is 7.49. The van der Waals surface area contributed by atoms with E-state index in [4.69, 9.17) is 26.1 Å². The van der Waals surface area contributed by atoms with E-state index >= 15 is 0 Å². The van der Waals surface area contributed by atoms with E-state index in [0.717, 1.165) is 51.0 Å². The molecule has 25 heavy (non-hydrogen) atoms. The molecule has 138 valence electrons. The maximum absolute atomic E-state index is 6.01. The van der Waals surface area contributed by atoms with Gasteiger partial charge in [-0.1, -0.05) is 17.7 Å². The van der Waals surface area contributed by atoms with Gasteiger partial charge >= 0.3 is 0 Å². The van der Waals surface area contributed by atoms with Crippen molar-refractivity contribution in [3.63, 3.8) is 0 Å². The Hall–Kier alpha value is -1.46. The van der Waals surface area contributed by atoms with E-state index < -0.39 is 0 Å². The van der Waals surface area contributed by atoms with Crippen molar-refractivity contribution in [1.29, 1.82) is 0 Å². The Morgan fingerprint density at radius 3 is 3.08 bits per heavy atom.